The summed E-state index contributed by atoms with van der Waals surface area (Å²) in [5.41, 5.74) is 0. The molecule has 12 rings (SSSR count). The van der Waals surface area contributed by atoms with Gasteiger partial charge >= 0.3 is 156 Å². The first-order valence-corrected chi connectivity index (χ1v) is 52.6. The summed E-state index contributed by atoms with van der Waals surface area (Å²) in [4.78, 5) is 0. The van der Waals surface area contributed by atoms with Crippen LogP contribution in [0.3, 0.4) is 0 Å². The quantitative estimate of drug-likeness (QED) is 0.0165. The van der Waals surface area contributed by atoms with E-state index in [2.05, 4.69) is 259 Å². The molecule has 4 aromatic carbocycles. The monoisotopic (exact) mass is 1850 g/mol. The number of benzene rings is 4. The van der Waals surface area contributed by atoms with Crippen molar-refractivity contribution >= 4 is 128 Å². The first-order valence-electron chi connectivity index (χ1n) is 37.2. The van der Waals surface area contributed by atoms with Crippen LogP contribution >= 0.6 is 66.5 Å². The summed E-state index contributed by atoms with van der Waals surface area (Å²) in [6, 6.07) is 47.7. The minimum absolute atomic E-state index is 0.0345. The number of nitrogens with one attached hydrogen (secondary N) is 8. The molecule has 660 valence electrons. The summed E-state index contributed by atoms with van der Waals surface area (Å²) in [6.07, 6.45) is 9.32. The Bertz CT molecular complexity index is 3650. The molecule has 0 radical (unpaired) electrons. The van der Waals surface area contributed by atoms with Crippen molar-refractivity contribution in [2.45, 2.75) is 151 Å². The summed E-state index contributed by atoms with van der Waals surface area (Å²) in [5.74, 6) is 11.7. The van der Waals surface area contributed by atoms with Crippen molar-refractivity contribution in [2.24, 2.45) is 0 Å². The van der Waals surface area contributed by atoms with E-state index in [0.29, 0.717) is 49.5 Å². The van der Waals surface area contributed by atoms with Crippen molar-refractivity contribution in [2.75, 3.05) is 100 Å². The standard InChI is InChI=1S/C68H98N12O2S3Si2.4F6P/c1-67(2,3)86(59-19-11-7-12-20-59,60-21-13-8-14-22-60)81-43-51-27-35-77-37-29-53(71-63(77)69-51)45-83-47-55-31-39-79-41-33-57(75-65(79)73-55)49-85-50-58-34-42-80-40-32-56(74-66(80)76-58)48-84-46-54-30-38-78-36-28-52(70-64(78)72-54)44-82-87(68(4,5)6,61-23-15-9-16-24-61)62-25-17-10-18-26-62;4*1-7(2,3,4,5)6/h7-26,51-58H,27-50H2,1-6H3,(H4,69,70,71,72,73,74,75,76);;;;/q;4*-1/p+4/t51-,52-,53-,54-,55-,56-,57-,58-;;;;/m1..../s1. The Hall–Kier alpha value is -4.60. The van der Waals surface area contributed by atoms with E-state index in [1.807, 2.05) is 0 Å². The van der Waals surface area contributed by atoms with Crippen LogP contribution in [-0.2, 0) is 8.85 Å². The van der Waals surface area contributed by atoms with Crippen molar-refractivity contribution in [1.29, 1.82) is 0 Å². The van der Waals surface area contributed by atoms with Gasteiger partial charge < -0.3 is 8.85 Å². The number of halogens is 24. The van der Waals surface area contributed by atoms with Gasteiger partial charge in [-0.15, -0.1) is 0 Å². The van der Waals surface area contributed by atoms with Crippen LogP contribution in [0.1, 0.15) is 92.9 Å². The Balaban J connectivity index is 0.000000505. The zero-order valence-electron chi connectivity index (χ0n) is 63.8. The molecule has 8 heterocycles. The Morgan fingerprint density at radius 2 is 0.426 bits per heavy atom. The van der Waals surface area contributed by atoms with Crippen LogP contribution in [0.4, 0.5) is 101 Å². The summed E-state index contributed by atoms with van der Waals surface area (Å²) in [7, 11) is -47.8. The maximum absolute atomic E-state index is 10.7. The van der Waals surface area contributed by atoms with Crippen LogP contribution in [0, 0.1) is 0 Å². The van der Waals surface area contributed by atoms with E-state index in [1.165, 1.54) is 83.1 Å². The SMILES string of the molecule is CC(C)(C)[Si](OC[C@H]1CC[N+]2=C(N1)N[C@@H](CSC[C@H]1CC[N+]3=C(N1)N[C@@H](CSC[C@H]1CC[N+]4=C(N[C@@H](CSC[C@H]5CC[N+]6=C(N[C@@H](CO[Si](c7ccccc7)(c7ccccc7)C(C)(C)C)CC6)N5)CC4)N1)CC3)CC2)(c1ccccc1)c1ccccc1.F[P-](F)(F)(F)(F)F.F[P-](F)(F)(F)(F)F.F[P-](F)(F)(F)(F)F.F[P-](F)(F)(F)(F)F. The van der Waals surface area contributed by atoms with Gasteiger partial charge in [0.15, 0.2) is 0 Å². The molecule has 0 amide bonds. The van der Waals surface area contributed by atoms with E-state index < -0.39 is 47.9 Å². The predicted octanol–water partition coefficient (Wildman–Crippen LogP) is 18.2. The van der Waals surface area contributed by atoms with E-state index in [0.717, 1.165) is 99.7 Å². The molecule has 4 aromatic rings. The van der Waals surface area contributed by atoms with E-state index >= 15 is 0 Å². The van der Waals surface area contributed by atoms with Gasteiger partial charge in [0.05, 0.1) is 114 Å². The Kier molecular flexibility index (Phi) is 27.8. The van der Waals surface area contributed by atoms with Crippen molar-refractivity contribution in [3.05, 3.63) is 121 Å². The van der Waals surface area contributed by atoms with Crippen molar-refractivity contribution in [3.63, 3.8) is 0 Å². The molecule has 0 saturated heterocycles. The Morgan fingerprint density at radius 1 is 0.278 bits per heavy atom. The molecular formula is C68H102F24N12O2P4S3Si2. The Labute approximate surface area is 667 Å². The van der Waals surface area contributed by atoms with Gasteiger partial charge in [-0.2, -0.15) is 35.3 Å². The summed E-state index contributed by atoms with van der Waals surface area (Å²) in [6.45, 7) is 24.5. The molecule has 0 bridgehead atoms. The van der Waals surface area contributed by atoms with Gasteiger partial charge in [0.1, 0.15) is 0 Å². The fourth-order valence-corrected chi connectivity index (χ4v) is 27.7. The molecule has 0 fully saturated rings. The van der Waals surface area contributed by atoms with Gasteiger partial charge in [-0.3, -0.25) is 60.8 Å². The molecule has 0 spiro atoms. The average Bonchev–Trinajstić information content (AvgIpc) is 0.760. The second kappa shape index (κ2) is 33.3. The average molecular weight is 1850 g/mol. The molecule has 0 aliphatic carbocycles. The number of thioether (sulfide) groups is 3. The molecule has 8 atom stereocenters. The third kappa shape index (κ3) is 35.9. The number of hydrogen-bond acceptors (Lipinski definition) is 13. The third-order valence-electron chi connectivity index (χ3n) is 19.7. The fraction of sp³-hybridized carbons (Fsp3) is 0.588. The second-order valence-electron chi connectivity index (χ2n) is 31.8. The van der Waals surface area contributed by atoms with Gasteiger partial charge in [-0.05, 0) is 30.8 Å². The van der Waals surface area contributed by atoms with Gasteiger partial charge in [-0.25, -0.2) is 0 Å². The Morgan fingerprint density at radius 3 is 0.583 bits per heavy atom. The van der Waals surface area contributed by atoms with E-state index in [-0.39, 0.29) is 22.2 Å². The predicted molar refractivity (Wildman–Crippen MR) is 426 cm³/mol. The second-order valence-corrected chi connectivity index (χ2v) is 51.3. The number of guanidine groups is 4. The third-order valence-corrected chi connectivity index (χ3v) is 33.6. The van der Waals surface area contributed by atoms with Crippen molar-refractivity contribution in [1.82, 2.24) is 42.5 Å². The van der Waals surface area contributed by atoms with E-state index in [4.69, 9.17) is 8.85 Å². The maximum atomic E-state index is 9.87. The van der Waals surface area contributed by atoms with Crippen LogP contribution < -0.4 is 63.3 Å². The summed E-state index contributed by atoms with van der Waals surface area (Å²) < 4.78 is 262. The van der Waals surface area contributed by atoms with E-state index in [1.54, 1.807) is 0 Å². The van der Waals surface area contributed by atoms with Crippen LogP contribution in [0.5, 0.6) is 0 Å². The van der Waals surface area contributed by atoms with Crippen LogP contribution in [0.25, 0.3) is 0 Å². The molecule has 0 unspecified atom stereocenters. The van der Waals surface area contributed by atoms with Gasteiger partial charge in [0.2, 0.25) is 0 Å². The van der Waals surface area contributed by atoms with Gasteiger partial charge in [-0.1, -0.05) is 163 Å². The fourth-order valence-electron chi connectivity index (χ4n) is 14.9. The zero-order valence-corrected chi connectivity index (χ0v) is 71.9. The molecule has 0 aromatic heterocycles. The van der Waals surface area contributed by atoms with Crippen LogP contribution in [0.15, 0.2) is 121 Å². The molecule has 8 aliphatic heterocycles. The zero-order chi connectivity index (χ0) is 85.5. The molecule has 47 heteroatoms. The molecule has 115 heavy (non-hydrogen) atoms. The first-order chi connectivity index (χ1) is 52.1. The summed E-state index contributed by atoms with van der Waals surface area (Å²) >= 11 is 6.36. The van der Waals surface area contributed by atoms with E-state index in [9.17, 15) is 101 Å². The normalized spacial score (nSPS) is 25.3. The number of hydrogen-bond donors (Lipinski definition) is 8. The first kappa shape index (κ1) is 95.9. The molecule has 8 aliphatic rings. The number of nitrogens with zero attached hydrogens (tertiary/aromatic N) is 4. The molecule has 0 saturated carbocycles. The molecular weight excluding hydrogens is 1750 g/mol. The van der Waals surface area contributed by atoms with Crippen LogP contribution in [-0.4, -0.2) is 207 Å². The van der Waals surface area contributed by atoms with Gasteiger partial charge in [0.25, 0.3) is 16.6 Å². The molecule has 14 nitrogen and oxygen atoms in total. The topological polar surface area (TPSA) is 127 Å². The number of rotatable bonds is 22. The summed E-state index contributed by atoms with van der Waals surface area (Å²) in [5, 5.41) is 37.0. The van der Waals surface area contributed by atoms with Crippen molar-refractivity contribution in [3.8, 4) is 0 Å². The van der Waals surface area contributed by atoms with Gasteiger partial charge in [0, 0.05) is 85.9 Å². The molecule has 8 N–H and O–H groups in total. The van der Waals surface area contributed by atoms with Crippen molar-refractivity contribution < 1.29 is 128 Å². The minimum atomic E-state index is -10.7. The van der Waals surface area contributed by atoms with Crippen LogP contribution in [0.2, 0.25) is 10.1 Å².